The number of anilines is 1. The highest BCUT2D eigenvalue weighted by Crippen LogP contribution is 2.44. The second-order valence-electron chi connectivity index (χ2n) is 8.99. The summed E-state index contributed by atoms with van der Waals surface area (Å²) in [7, 11) is 1.63. The maximum absolute atomic E-state index is 12.8. The Kier molecular flexibility index (Phi) is 5.98. The van der Waals surface area contributed by atoms with Crippen molar-refractivity contribution in [1.29, 1.82) is 0 Å². The molecule has 35 heavy (non-hydrogen) atoms. The molecule has 1 saturated heterocycles. The number of carboxylic acid groups (broad SMARTS) is 1. The Balaban J connectivity index is 1.22. The molecule has 9 heteroatoms. The van der Waals surface area contributed by atoms with Gasteiger partial charge in [-0.1, -0.05) is 48.5 Å². The lowest BCUT2D eigenvalue weighted by Crippen LogP contribution is -2.29. The number of nitrogens with one attached hydrogen (secondary N) is 1. The van der Waals surface area contributed by atoms with Gasteiger partial charge in [0.05, 0.1) is 0 Å². The minimum absolute atomic E-state index is 0.0423. The molecule has 2 aromatic carbocycles. The number of hydrogen-bond donors (Lipinski definition) is 2. The first-order valence-electron chi connectivity index (χ1n) is 11.6. The molecule has 1 aromatic heterocycles. The fourth-order valence-corrected chi connectivity index (χ4v) is 5.02. The lowest BCUT2D eigenvalue weighted by Gasteiger charge is -2.14. The van der Waals surface area contributed by atoms with E-state index in [-0.39, 0.29) is 36.5 Å². The molecule has 1 unspecified atom stereocenters. The number of aromatic nitrogens is 2. The van der Waals surface area contributed by atoms with E-state index in [4.69, 9.17) is 9.84 Å². The number of rotatable bonds is 6. The van der Waals surface area contributed by atoms with Gasteiger partial charge in [-0.15, -0.1) is 0 Å². The molecule has 2 amide bonds. The van der Waals surface area contributed by atoms with E-state index in [0.717, 1.165) is 22.3 Å². The lowest BCUT2D eigenvalue weighted by molar-refractivity contribution is -0.138. The standard InChI is InChI=1S/C26H26N4O5/c1-29-23(13-22(28-29)25(33)30-11-10-16(14-30)12-24(31)32)27-26(34)35-15-21-19-8-4-2-6-17(19)18-7-3-5-9-20(18)21/h2-9,13,16,21H,10-12,14-15H2,1H3,(H,27,34)(H,31,32). The summed E-state index contributed by atoms with van der Waals surface area (Å²) in [6, 6.07) is 17.7. The molecule has 0 spiro atoms. The molecule has 1 aliphatic carbocycles. The van der Waals surface area contributed by atoms with Crippen molar-refractivity contribution >= 4 is 23.8 Å². The number of carboxylic acids is 1. The van der Waals surface area contributed by atoms with Crippen LogP contribution >= 0.6 is 0 Å². The van der Waals surface area contributed by atoms with Crippen LogP contribution < -0.4 is 5.32 Å². The number of aryl methyl sites for hydroxylation is 1. The quantitative estimate of drug-likeness (QED) is 0.563. The number of amides is 2. The predicted octanol–water partition coefficient (Wildman–Crippen LogP) is 3.72. The summed E-state index contributed by atoms with van der Waals surface area (Å²) in [5.41, 5.74) is 4.75. The molecule has 0 saturated carbocycles. The van der Waals surface area contributed by atoms with Gasteiger partial charge in [-0.05, 0) is 34.6 Å². The van der Waals surface area contributed by atoms with Gasteiger partial charge in [-0.25, -0.2) is 4.79 Å². The summed E-state index contributed by atoms with van der Waals surface area (Å²) in [5, 5.41) is 15.9. The van der Waals surface area contributed by atoms with Crippen LogP contribution in [0.2, 0.25) is 0 Å². The summed E-state index contributed by atoms with van der Waals surface area (Å²) in [5.74, 6) is -0.915. The second kappa shape index (κ2) is 9.25. The third-order valence-corrected chi connectivity index (χ3v) is 6.71. The van der Waals surface area contributed by atoms with Crippen molar-refractivity contribution in [2.24, 2.45) is 13.0 Å². The number of ether oxygens (including phenoxy) is 1. The smallest absolute Gasteiger partial charge is 0.412 e. The average Bonchev–Trinajstić information content (AvgIpc) is 3.53. The van der Waals surface area contributed by atoms with Gasteiger partial charge in [0.15, 0.2) is 5.69 Å². The highest BCUT2D eigenvalue weighted by atomic mass is 16.5. The van der Waals surface area contributed by atoms with Crippen molar-refractivity contribution in [1.82, 2.24) is 14.7 Å². The minimum atomic E-state index is -0.864. The van der Waals surface area contributed by atoms with Crippen molar-refractivity contribution in [2.45, 2.75) is 18.8 Å². The van der Waals surface area contributed by atoms with Gasteiger partial charge in [0.1, 0.15) is 12.4 Å². The molecule has 2 N–H and O–H groups in total. The molecule has 9 nitrogen and oxygen atoms in total. The van der Waals surface area contributed by atoms with Crippen molar-refractivity contribution < 1.29 is 24.2 Å². The van der Waals surface area contributed by atoms with E-state index >= 15 is 0 Å². The normalized spacial score (nSPS) is 16.6. The van der Waals surface area contributed by atoms with Gasteiger partial charge >= 0.3 is 12.1 Å². The number of fused-ring (bicyclic) bond motifs is 3. The van der Waals surface area contributed by atoms with Crippen LogP contribution in [0.5, 0.6) is 0 Å². The summed E-state index contributed by atoms with van der Waals surface area (Å²) >= 11 is 0. The number of benzene rings is 2. The molecule has 3 aromatic rings. The van der Waals surface area contributed by atoms with Crippen LogP contribution in [-0.2, 0) is 16.6 Å². The largest absolute Gasteiger partial charge is 0.481 e. The van der Waals surface area contributed by atoms with Crippen molar-refractivity contribution in [3.8, 4) is 11.1 Å². The fourth-order valence-electron chi connectivity index (χ4n) is 5.02. The first-order chi connectivity index (χ1) is 16.9. The average molecular weight is 475 g/mol. The summed E-state index contributed by atoms with van der Waals surface area (Å²) in [6.07, 6.45) is 0.0626. The Labute approximate surface area is 202 Å². The van der Waals surface area contributed by atoms with Gasteiger partial charge in [0, 0.05) is 38.5 Å². The maximum atomic E-state index is 12.8. The van der Waals surface area contributed by atoms with Gasteiger partial charge in [-0.2, -0.15) is 5.10 Å². The van der Waals surface area contributed by atoms with Crippen LogP contribution in [0.1, 0.15) is 40.4 Å². The SMILES string of the molecule is Cn1nc(C(=O)N2CCC(CC(=O)O)C2)cc1NC(=O)OCC1c2ccccc2-c2ccccc21. The number of nitrogens with zero attached hydrogens (tertiary/aromatic N) is 3. The first-order valence-corrected chi connectivity index (χ1v) is 11.6. The molecule has 1 atom stereocenters. The summed E-state index contributed by atoms with van der Waals surface area (Å²) in [4.78, 5) is 38.0. The highest BCUT2D eigenvalue weighted by Gasteiger charge is 2.31. The predicted molar refractivity (Wildman–Crippen MR) is 128 cm³/mol. The van der Waals surface area contributed by atoms with E-state index in [1.165, 1.54) is 10.7 Å². The minimum Gasteiger partial charge on any atom is -0.481 e. The summed E-state index contributed by atoms with van der Waals surface area (Å²) in [6.45, 7) is 1.06. The highest BCUT2D eigenvalue weighted by molar-refractivity contribution is 5.94. The number of aliphatic carboxylic acids is 1. The third-order valence-electron chi connectivity index (χ3n) is 6.71. The van der Waals surface area contributed by atoms with Crippen LogP contribution in [0, 0.1) is 5.92 Å². The van der Waals surface area contributed by atoms with Gasteiger partial charge in [0.2, 0.25) is 0 Å². The molecule has 2 aliphatic rings. The lowest BCUT2D eigenvalue weighted by atomic mass is 9.98. The Morgan fingerprint density at radius 2 is 1.74 bits per heavy atom. The molecule has 180 valence electrons. The van der Waals surface area contributed by atoms with E-state index in [0.29, 0.717) is 25.3 Å². The number of hydrogen-bond acceptors (Lipinski definition) is 5. The van der Waals surface area contributed by atoms with Crippen LogP contribution in [0.15, 0.2) is 54.6 Å². The Hall–Kier alpha value is -4.14. The molecule has 1 aliphatic heterocycles. The topological polar surface area (TPSA) is 114 Å². The second-order valence-corrected chi connectivity index (χ2v) is 8.99. The molecule has 0 radical (unpaired) electrons. The van der Waals surface area contributed by atoms with Crippen molar-refractivity contribution in [2.75, 3.05) is 25.0 Å². The zero-order chi connectivity index (χ0) is 24.5. The van der Waals surface area contributed by atoms with Crippen molar-refractivity contribution in [3.05, 3.63) is 71.4 Å². The molecular weight excluding hydrogens is 448 g/mol. The monoisotopic (exact) mass is 474 g/mol. The molecular formula is C26H26N4O5. The Morgan fingerprint density at radius 3 is 2.40 bits per heavy atom. The number of carbonyl (C=O) groups is 3. The van der Waals surface area contributed by atoms with Gasteiger partial charge in [-0.3, -0.25) is 19.6 Å². The van der Waals surface area contributed by atoms with Gasteiger partial charge in [0.25, 0.3) is 5.91 Å². The third kappa shape index (κ3) is 4.49. The summed E-state index contributed by atoms with van der Waals surface area (Å²) < 4.78 is 6.99. The Bertz CT molecular complexity index is 1250. The van der Waals surface area contributed by atoms with E-state index in [1.807, 2.05) is 24.3 Å². The first kappa shape index (κ1) is 22.6. The van der Waals surface area contributed by atoms with Crippen LogP contribution in [-0.4, -0.2) is 57.5 Å². The van der Waals surface area contributed by atoms with E-state index in [1.54, 1.807) is 11.9 Å². The molecule has 1 fully saturated rings. The number of likely N-dealkylation sites (tertiary alicyclic amines) is 1. The van der Waals surface area contributed by atoms with Gasteiger partial charge < -0.3 is 14.7 Å². The van der Waals surface area contributed by atoms with E-state index in [2.05, 4.69) is 34.7 Å². The fraction of sp³-hybridized carbons (Fsp3) is 0.308. The number of carbonyl (C=O) groups excluding carboxylic acids is 2. The van der Waals surface area contributed by atoms with Crippen LogP contribution in [0.25, 0.3) is 11.1 Å². The zero-order valence-corrected chi connectivity index (χ0v) is 19.3. The Morgan fingerprint density at radius 1 is 1.09 bits per heavy atom. The van der Waals surface area contributed by atoms with Crippen LogP contribution in [0.3, 0.4) is 0 Å². The zero-order valence-electron chi connectivity index (χ0n) is 19.3. The molecule has 2 heterocycles. The van der Waals surface area contributed by atoms with E-state index < -0.39 is 12.1 Å². The molecule has 5 rings (SSSR count). The maximum Gasteiger partial charge on any atom is 0.412 e. The van der Waals surface area contributed by atoms with Crippen molar-refractivity contribution in [3.63, 3.8) is 0 Å². The molecule has 0 bridgehead atoms. The van der Waals surface area contributed by atoms with E-state index in [9.17, 15) is 14.4 Å². The van der Waals surface area contributed by atoms with Crippen LogP contribution in [0.4, 0.5) is 10.6 Å².